The highest BCUT2D eigenvalue weighted by Crippen LogP contribution is 2.26. The van der Waals surface area contributed by atoms with E-state index in [4.69, 9.17) is 5.73 Å². The molecule has 0 amide bonds. The molecule has 1 unspecified atom stereocenters. The average molecular weight is 239 g/mol. The van der Waals surface area contributed by atoms with Gasteiger partial charge in [0, 0.05) is 0 Å². The van der Waals surface area contributed by atoms with Gasteiger partial charge >= 0.3 is 0 Å². The summed E-state index contributed by atoms with van der Waals surface area (Å²) in [5, 5.41) is 0. The minimum atomic E-state index is 0.454. The molecule has 0 fully saturated rings. The highest BCUT2D eigenvalue weighted by molar-refractivity contribution is 5.63. The quantitative estimate of drug-likeness (QED) is 0.855. The lowest BCUT2D eigenvalue weighted by atomic mass is 9.88. The van der Waals surface area contributed by atoms with Gasteiger partial charge in [-0.2, -0.15) is 0 Å². The fourth-order valence-electron chi connectivity index (χ4n) is 2.35. The molecular formula is C17H21N. The van der Waals surface area contributed by atoms with E-state index in [1.54, 1.807) is 0 Å². The van der Waals surface area contributed by atoms with Crippen LogP contribution in [-0.2, 0) is 0 Å². The number of rotatable bonds is 4. The van der Waals surface area contributed by atoms with Crippen molar-refractivity contribution in [3.05, 3.63) is 60.2 Å². The SMILES string of the molecule is CC(C)C(CN)c1ccc(-c2ccccc2)cc1. The molecule has 0 aliphatic carbocycles. The summed E-state index contributed by atoms with van der Waals surface area (Å²) in [5.41, 5.74) is 9.72. The van der Waals surface area contributed by atoms with Crippen molar-refractivity contribution in [1.82, 2.24) is 0 Å². The molecule has 2 N–H and O–H groups in total. The molecule has 0 saturated heterocycles. The van der Waals surface area contributed by atoms with Crippen molar-refractivity contribution < 1.29 is 0 Å². The monoisotopic (exact) mass is 239 g/mol. The zero-order valence-corrected chi connectivity index (χ0v) is 11.1. The lowest BCUT2D eigenvalue weighted by molar-refractivity contribution is 0.506. The third-order valence-electron chi connectivity index (χ3n) is 3.50. The number of hydrogen-bond donors (Lipinski definition) is 1. The van der Waals surface area contributed by atoms with Crippen molar-refractivity contribution in [1.29, 1.82) is 0 Å². The standard InChI is InChI=1S/C17H21N/c1-13(2)17(12-18)16-10-8-15(9-11-16)14-6-4-3-5-7-14/h3-11,13,17H,12,18H2,1-2H3. The smallest absolute Gasteiger partial charge is 0.000577 e. The van der Waals surface area contributed by atoms with Gasteiger partial charge < -0.3 is 5.73 Å². The summed E-state index contributed by atoms with van der Waals surface area (Å²) < 4.78 is 0. The minimum absolute atomic E-state index is 0.454. The Morgan fingerprint density at radius 1 is 0.833 bits per heavy atom. The molecule has 18 heavy (non-hydrogen) atoms. The molecule has 0 bridgehead atoms. The predicted octanol–water partition coefficient (Wildman–Crippen LogP) is 4.05. The van der Waals surface area contributed by atoms with Crippen LogP contribution in [0.3, 0.4) is 0 Å². The van der Waals surface area contributed by atoms with E-state index in [0.29, 0.717) is 18.4 Å². The van der Waals surface area contributed by atoms with Crippen LogP contribution in [0.1, 0.15) is 25.3 Å². The second-order valence-corrected chi connectivity index (χ2v) is 5.07. The van der Waals surface area contributed by atoms with Gasteiger partial charge in [0.15, 0.2) is 0 Å². The van der Waals surface area contributed by atoms with Crippen molar-refractivity contribution in [2.45, 2.75) is 19.8 Å². The first-order chi connectivity index (χ1) is 8.72. The van der Waals surface area contributed by atoms with Gasteiger partial charge in [0.25, 0.3) is 0 Å². The molecule has 1 atom stereocenters. The largest absolute Gasteiger partial charge is 0.330 e. The van der Waals surface area contributed by atoms with E-state index < -0.39 is 0 Å². The zero-order chi connectivity index (χ0) is 13.0. The summed E-state index contributed by atoms with van der Waals surface area (Å²) in [4.78, 5) is 0. The van der Waals surface area contributed by atoms with E-state index in [2.05, 4.69) is 62.4 Å². The normalized spacial score (nSPS) is 12.7. The molecule has 0 aliphatic rings. The number of nitrogens with two attached hydrogens (primary N) is 1. The van der Waals surface area contributed by atoms with Crippen LogP contribution in [-0.4, -0.2) is 6.54 Å². The Balaban J connectivity index is 2.25. The molecule has 2 aromatic carbocycles. The Bertz CT molecular complexity index is 471. The van der Waals surface area contributed by atoms with Crippen molar-refractivity contribution in [3.63, 3.8) is 0 Å². The molecule has 0 saturated carbocycles. The second-order valence-electron chi connectivity index (χ2n) is 5.07. The van der Waals surface area contributed by atoms with E-state index in [1.165, 1.54) is 16.7 Å². The first kappa shape index (κ1) is 12.8. The summed E-state index contributed by atoms with van der Waals surface area (Å²) in [5.74, 6) is 1.03. The molecule has 0 aliphatic heterocycles. The Morgan fingerprint density at radius 3 is 1.89 bits per heavy atom. The first-order valence-corrected chi connectivity index (χ1v) is 6.58. The van der Waals surface area contributed by atoms with E-state index in [9.17, 15) is 0 Å². The van der Waals surface area contributed by atoms with Crippen molar-refractivity contribution in [2.24, 2.45) is 11.7 Å². The molecule has 94 valence electrons. The highest BCUT2D eigenvalue weighted by Gasteiger charge is 2.13. The third-order valence-corrected chi connectivity index (χ3v) is 3.50. The van der Waals surface area contributed by atoms with Crippen LogP contribution in [0.4, 0.5) is 0 Å². The third kappa shape index (κ3) is 2.80. The predicted molar refractivity (Wildman–Crippen MR) is 78.5 cm³/mol. The van der Waals surface area contributed by atoms with Crippen molar-refractivity contribution in [2.75, 3.05) is 6.54 Å². The maximum Gasteiger partial charge on any atom is -0.000577 e. The van der Waals surface area contributed by atoms with Crippen LogP contribution in [0.25, 0.3) is 11.1 Å². The van der Waals surface area contributed by atoms with Crippen LogP contribution >= 0.6 is 0 Å². The van der Waals surface area contributed by atoms with Crippen LogP contribution in [0.2, 0.25) is 0 Å². The second kappa shape index (κ2) is 5.83. The van der Waals surface area contributed by atoms with Crippen LogP contribution in [0.5, 0.6) is 0 Å². The van der Waals surface area contributed by atoms with E-state index in [1.807, 2.05) is 6.07 Å². The Hall–Kier alpha value is -1.60. The Labute approximate surface area is 110 Å². The molecule has 2 rings (SSSR count). The summed E-state index contributed by atoms with van der Waals surface area (Å²) in [6.45, 7) is 5.16. The Morgan fingerprint density at radius 2 is 1.39 bits per heavy atom. The van der Waals surface area contributed by atoms with Gasteiger partial charge in [-0.25, -0.2) is 0 Å². The molecular weight excluding hydrogens is 218 g/mol. The molecule has 1 nitrogen and oxygen atoms in total. The maximum atomic E-state index is 5.85. The zero-order valence-electron chi connectivity index (χ0n) is 11.1. The van der Waals surface area contributed by atoms with E-state index in [0.717, 1.165) is 0 Å². The maximum absolute atomic E-state index is 5.85. The fourth-order valence-corrected chi connectivity index (χ4v) is 2.35. The summed E-state index contributed by atoms with van der Waals surface area (Å²) in [6.07, 6.45) is 0. The van der Waals surface area contributed by atoms with Crippen molar-refractivity contribution >= 4 is 0 Å². The lowest BCUT2D eigenvalue weighted by Gasteiger charge is -2.19. The van der Waals surface area contributed by atoms with Crippen LogP contribution in [0, 0.1) is 5.92 Å². The van der Waals surface area contributed by atoms with Gasteiger partial charge in [0.2, 0.25) is 0 Å². The summed E-state index contributed by atoms with van der Waals surface area (Å²) in [7, 11) is 0. The van der Waals surface area contributed by atoms with E-state index in [-0.39, 0.29) is 0 Å². The molecule has 2 aromatic rings. The van der Waals surface area contributed by atoms with Gasteiger partial charge in [-0.05, 0) is 35.1 Å². The molecule has 0 aromatic heterocycles. The highest BCUT2D eigenvalue weighted by atomic mass is 14.6. The van der Waals surface area contributed by atoms with Gasteiger partial charge in [0.1, 0.15) is 0 Å². The molecule has 0 heterocycles. The minimum Gasteiger partial charge on any atom is -0.330 e. The van der Waals surface area contributed by atoms with Gasteiger partial charge in [-0.1, -0.05) is 68.4 Å². The van der Waals surface area contributed by atoms with Crippen LogP contribution < -0.4 is 5.73 Å². The molecule has 0 spiro atoms. The van der Waals surface area contributed by atoms with Gasteiger partial charge in [-0.3, -0.25) is 0 Å². The summed E-state index contributed by atoms with van der Waals surface area (Å²) >= 11 is 0. The molecule has 0 radical (unpaired) electrons. The topological polar surface area (TPSA) is 26.0 Å². The summed E-state index contributed by atoms with van der Waals surface area (Å²) in [6, 6.07) is 19.3. The Kier molecular flexibility index (Phi) is 4.16. The van der Waals surface area contributed by atoms with Crippen LogP contribution in [0.15, 0.2) is 54.6 Å². The number of hydrogen-bond acceptors (Lipinski definition) is 1. The van der Waals surface area contributed by atoms with E-state index >= 15 is 0 Å². The fraction of sp³-hybridized carbons (Fsp3) is 0.294. The van der Waals surface area contributed by atoms with Gasteiger partial charge in [-0.15, -0.1) is 0 Å². The number of benzene rings is 2. The molecule has 1 heteroatoms. The van der Waals surface area contributed by atoms with Gasteiger partial charge in [0.05, 0.1) is 0 Å². The first-order valence-electron chi connectivity index (χ1n) is 6.58. The van der Waals surface area contributed by atoms with Crippen molar-refractivity contribution in [3.8, 4) is 11.1 Å². The average Bonchev–Trinajstić information content (AvgIpc) is 2.41. The lowest BCUT2D eigenvalue weighted by Crippen LogP contribution is -2.17.